The van der Waals surface area contributed by atoms with E-state index in [4.69, 9.17) is 0 Å². The summed E-state index contributed by atoms with van der Waals surface area (Å²) in [6, 6.07) is 12.9. The lowest BCUT2D eigenvalue weighted by molar-refractivity contribution is 0.100. The Bertz CT molecular complexity index is 460. The van der Waals surface area contributed by atoms with Gasteiger partial charge in [0.15, 0.2) is 0 Å². The van der Waals surface area contributed by atoms with Crippen LogP contribution in [0.25, 0.3) is 0 Å². The Morgan fingerprint density at radius 1 is 1.13 bits per heavy atom. The molecule has 0 atom stereocenters. The average molecular weight is 215 g/mol. The molecule has 0 aliphatic heterocycles. The van der Waals surface area contributed by atoms with Gasteiger partial charge >= 0.3 is 0 Å². The van der Waals surface area contributed by atoms with Gasteiger partial charge in [0.05, 0.1) is 0 Å². The van der Waals surface area contributed by atoms with Crippen molar-refractivity contribution in [2.45, 2.75) is 0 Å². The first-order valence-corrected chi connectivity index (χ1v) is 5.41. The Balaban J connectivity index is 2.11. The van der Waals surface area contributed by atoms with Gasteiger partial charge in [-0.2, -0.15) is 0 Å². The van der Waals surface area contributed by atoms with E-state index in [9.17, 15) is 4.79 Å². The molecule has 0 N–H and O–H groups in total. The number of amides is 1. The average Bonchev–Trinajstić information content (AvgIpc) is 2.80. The molecule has 1 aromatic heterocycles. The lowest BCUT2D eigenvalue weighted by Crippen LogP contribution is -1.94. The van der Waals surface area contributed by atoms with Crippen LogP contribution in [0.2, 0.25) is 0 Å². The van der Waals surface area contributed by atoms with E-state index in [-0.39, 0.29) is 5.91 Å². The Kier molecular flexibility index (Phi) is 3.05. The second-order valence-corrected chi connectivity index (χ2v) is 3.92. The first-order chi connectivity index (χ1) is 7.36. The Morgan fingerprint density at radius 2 is 1.93 bits per heavy atom. The minimum Gasteiger partial charge on any atom is -0.267 e. The van der Waals surface area contributed by atoms with Gasteiger partial charge in [-0.25, -0.2) is 4.99 Å². The van der Waals surface area contributed by atoms with Crippen LogP contribution in [-0.2, 0) is 0 Å². The van der Waals surface area contributed by atoms with Gasteiger partial charge in [-0.3, -0.25) is 4.79 Å². The van der Waals surface area contributed by atoms with Gasteiger partial charge in [0.25, 0.3) is 5.91 Å². The predicted octanol–water partition coefficient (Wildman–Crippen LogP) is 3.01. The smallest absolute Gasteiger partial charge is 0.267 e. The van der Waals surface area contributed by atoms with E-state index in [1.165, 1.54) is 0 Å². The highest BCUT2D eigenvalue weighted by Gasteiger charge is 2.00. The van der Waals surface area contributed by atoms with Crippen molar-refractivity contribution in [3.8, 4) is 0 Å². The van der Waals surface area contributed by atoms with Crippen molar-refractivity contribution in [3.05, 3.63) is 58.3 Å². The van der Waals surface area contributed by atoms with Gasteiger partial charge in [-0.15, -0.1) is 11.3 Å². The van der Waals surface area contributed by atoms with Crippen LogP contribution in [0.5, 0.6) is 0 Å². The minimum absolute atomic E-state index is 0.205. The maximum Gasteiger partial charge on any atom is 0.276 e. The summed E-state index contributed by atoms with van der Waals surface area (Å²) in [6.45, 7) is 0. The summed E-state index contributed by atoms with van der Waals surface area (Å²) in [7, 11) is 0. The highest BCUT2D eigenvalue weighted by Crippen LogP contribution is 2.06. The number of carbonyl (C=O) groups is 1. The van der Waals surface area contributed by atoms with Crippen molar-refractivity contribution in [1.29, 1.82) is 0 Å². The fourth-order valence-corrected chi connectivity index (χ4v) is 1.73. The number of aliphatic imine (C=N–C) groups is 1. The first kappa shape index (κ1) is 9.80. The fraction of sp³-hybridized carbons (Fsp3) is 0. The quantitative estimate of drug-likeness (QED) is 0.708. The van der Waals surface area contributed by atoms with Crippen LogP contribution < -0.4 is 0 Å². The maximum atomic E-state index is 11.5. The van der Waals surface area contributed by atoms with Crippen molar-refractivity contribution < 1.29 is 4.79 Å². The van der Waals surface area contributed by atoms with Gasteiger partial charge in [0.1, 0.15) is 0 Å². The highest BCUT2D eigenvalue weighted by atomic mass is 32.1. The molecular weight excluding hydrogens is 206 g/mol. The van der Waals surface area contributed by atoms with E-state index >= 15 is 0 Å². The number of nitrogens with zero attached hydrogens (tertiary/aromatic N) is 1. The van der Waals surface area contributed by atoms with Crippen molar-refractivity contribution in [2.24, 2.45) is 4.99 Å². The minimum atomic E-state index is -0.205. The molecule has 0 radical (unpaired) electrons. The molecular formula is C12H9NOS. The molecule has 3 heteroatoms. The predicted molar refractivity (Wildman–Crippen MR) is 62.7 cm³/mol. The molecule has 2 nitrogen and oxygen atoms in total. The molecule has 0 fully saturated rings. The number of thiophene rings is 1. The van der Waals surface area contributed by atoms with Crippen molar-refractivity contribution in [1.82, 2.24) is 0 Å². The molecule has 0 bridgehead atoms. The SMILES string of the molecule is O=C(N=Cc1cccs1)c1ccccc1. The van der Waals surface area contributed by atoms with Crippen LogP contribution >= 0.6 is 11.3 Å². The van der Waals surface area contributed by atoms with Gasteiger partial charge in [-0.05, 0) is 23.6 Å². The number of benzene rings is 1. The molecule has 74 valence electrons. The third-order valence-electron chi connectivity index (χ3n) is 1.87. The van der Waals surface area contributed by atoms with E-state index in [1.54, 1.807) is 29.7 Å². The Morgan fingerprint density at radius 3 is 2.60 bits per heavy atom. The fourth-order valence-electron chi connectivity index (χ4n) is 1.14. The molecule has 0 aliphatic carbocycles. The topological polar surface area (TPSA) is 29.4 Å². The van der Waals surface area contributed by atoms with Crippen LogP contribution in [-0.4, -0.2) is 12.1 Å². The van der Waals surface area contributed by atoms with Crippen LogP contribution in [0.4, 0.5) is 0 Å². The van der Waals surface area contributed by atoms with Crippen molar-refractivity contribution >= 4 is 23.5 Å². The first-order valence-electron chi connectivity index (χ1n) is 4.53. The monoisotopic (exact) mass is 215 g/mol. The Hall–Kier alpha value is -1.74. The zero-order valence-electron chi connectivity index (χ0n) is 7.96. The Labute approximate surface area is 91.9 Å². The molecule has 1 heterocycles. The summed E-state index contributed by atoms with van der Waals surface area (Å²) < 4.78 is 0. The summed E-state index contributed by atoms with van der Waals surface area (Å²) in [6.07, 6.45) is 1.60. The number of hydrogen-bond donors (Lipinski definition) is 0. The second-order valence-electron chi connectivity index (χ2n) is 2.94. The molecule has 0 spiro atoms. The molecule has 2 aromatic rings. The molecule has 0 saturated heterocycles. The molecule has 1 aromatic carbocycles. The normalized spacial score (nSPS) is 10.7. The van der Waals surface area contributed by atoms with Crippen molar-refractivity contribution in [3.63, 3.8) is 0 Å². The van der Waals surface area contributed by atoms with E-state index in [2.05, 4.69) is 4.99 Å². The summed E-state index contributed by atoms with van der Waals surface area (Å²) >= 11 is 1.56. The van der Waals surface area contributed by atoms with Gasteiger partial charge in [-0.1, -0.05) is 24.3 Å². The molecule has 0 unspecified atom stereocenters. The largest absolute Gasteiger partial charge is 0.276 e. The maximum absolute atomic E-state index is 11.5. The zero-order valence-corrected chi connectivity index (χ0v) is 8.78. The number of rotatable bonds is 2. The van der Waals surface area contributed by atoms with Gasteiger partial charge in [0.2, 0.25) is 0 Å². The van der Waals surface area contributed by atoms with Crippen molar-refractivity contribution in [2.75, 3.05) is 0 Å². The standard InChI is InChI=1S/C12H9NOS/c14-12(10-5-2-1-3-6-10)13-9-11-7-4-8-15-11/h1-9H. The van der Waals surface area contributed by atoms with E-state index in [1.807, 2.05) is 35.7 Å². The lowest BCUT2D eigenvalue weighted by atomic mass is 10.2. The van der Waals surface area contributed by atoms with Gasteiger partial charge < -0.3 is 0 Å². The van der Waals surface area contributed by atoms with Crippen LogP contribution in [0.15, 0.2) is 52.8 Å². The molecule has 1 amide bonds. The highest BCUT2D eigenvalue weighted by molar-refractivity contribution is 7.11. The molecule has 0 aliphatic rings. The van der Waals surface area contributed by atoms with E-state index in [0.717, 1.165) is 4.88 Å². The summed E-state index contributed by atoms with van der Waals surface area (Å²) in [5, 5.41) is 1.95. The molecule has 2 rings (SSSR count). The molecule has 15 heavy (non-hydrogen) atoms. The van der Waals surface area contributed by atoms with E-state index in [0.29, 0.717) is 5.56 Å². The van der Waals surface area contributed by atoms with Crippen LogP contribution in [0.3, 0.4) is 0 Å². The third kappa shape index (κ3) is 2.60. The summed E-state index contributed by atoms with van der Waals surface area (Å²) in [4.78, 5) is 16.4. The van der Waals surface area contributed by atoms with Crippen LogP contribution in [0, 0.1) is 0 Å². The number of hydrogen-bond acceptors (Lipinski definition) is 2. The third-order valence-corrected chi connectivity index (χ3v) is 2.68. The zero-order chi connectivity index (χ0) is 10.5. The van der Waals surface area contributed by atoms with Crippen LogP contribution in [0.1, 0.15) is 15.2 Å². The lowest BCUT2D eigenvalue weighted by Gasteiger charge is -1.92. The van der Waals surface area contributed by atoms with Gasteiger partial charge in [0, 0.05) is 16.7 Å². The number of carbonyl (C=O) groups excluding carboxylic acids is 1. The second kappa shape index (κ2) is 4.66. The summed E-state index contributed by atoms with van der Waals surface area (Å²) in [5.74, 6) is -0.205. The summed E-state index contributed by atoms with van der Waals surface area (Å²) in [5.41, 5.74) is 0.616. The van der Waals surface area contributed by atoms with E-state index < -0.39 is 0 Å². The molecule has 0 saturated carbocycles.